The van der Waals surface area contributed by atoms with Gasteiger partial charge in [0, 0.05) is 13.2 Å². The van der Waals surface area contributed by atoms with Crippen molar-refractivity contribution in [2.24, 2.45) is 5.92 Å². The number of hydrogen-bond donors (Lipinski definition) is 1. The van der Waals surface area contributed by atoms with E-state index in [0.717, 1.165) is 25.6 Å². The lowest BCUT2D eigenvalue weighted by Gasteiger charge is -2.42. The fourth-order valence-electron chi connectivity index (χ4n) is 3.05. The Labute approximate surface area is 119 Å². The molecule has 3 nitrogen and oxygen atoms in total. The minimum Gasteiger partial charge on any atom is -0.379 e. The number of hydrogen-bond acceptors (Lipinski definition) is 3. The van der Waals surface area contributed by atoms with E-state index in [1.807, 2.05) is 6.92 Å². The van der Waals surface area contributed by atoms with Crippen LogP contribution in [-0.2, 0) is 9.47 Å². The Hall–Kier alpha value is -0.120. The fraction of sp³-hybridized carbons (Fsp3) is 1.00. The van der Waals surface area contributed by atoms with Gasteiger partial charge in [0.1, 0.15) is 0 Å². The number of nitrogens with one attached hydrogen (secondary N) is 1. The fourth-order valence-corrected chi connectivity index (χ4v) is 3.05. The maximum atomic E-state index is 6.39. The molecule has 0 aromatic heterocycles. The Morgan fingerprint density at radius 3 is 2.42 bits per heavy atom. The average Bonchev–Trinajstić information content (AvgIpc) is 2.44. The van der Waals surface area contributed by atoms with E-state index >= 15 is 0 Å². The zero-order valence-corrected chi connectivity index (χ0v) is 13.3. The van der Waals surface area contributed by atoms with E-state index in [2.05, 4.69) is 26.1 Å². The zero-order valence-electron chi connectivity index (χ0n) is 13.3. The highest BCUT2D eigenvalue weighted by Gasteiger charge is 2.36. The van der Waals surface area contributed by atoms with Crippen LogP contribution in [0.5, 0.6) is 0 Å². The van der Waals surface area contributed by atoms with Gasteiger partial charge in [-0.2, -0.15) is 0 Å². The quantitative estimate of drug-likeness (QED) is 0.697. The molecule has 114 valence electrons. The van der Waals surface area contributed by atoms with Crippen LogP contribution in [-0.4, -0.2) is 38.0 Å². The second kappa shape index (κ2) is 8.93. The first kappa shape index (κ1) is 16.9. The summed E-state index contributed by atoms with van der Waals surface area (Å²) in [6.45, 7) is 12.1. The van der Waals surface area contributed by atoms with Gasteiger partial charge in [-0.3, -0.25) is 0 Å². The number of likely N-dealkylation sites (N-methyl/N-ethyl adjacent to an activating group) is 1. The van der Waals surface area contributed by atoms with E-state index < -0.39 is 0 Å². The molecule has 0 amide bonds. The summed E-state index contributed by atoms with van der Waals surface area (Å²) >= 11 is 0. The van der Waals surface area contributed by atoms with Crippen molar-refractivity contribution in [3.8, 4) is 0 Å². The Morgan fingerprint density at radius 1 is 1.21 bits per heavy atom. The van der Waals surface area contributed by atoms with Gasteiger partial charge < -0.3 is 14.8 Å². The first-order chi connectivity index (χ1) is 9.15. The molecule has 3 heteroatoms. The van der Waals surface area contributed by atoms with Crippen molar-refractivity contribution in [3.63, 3.8) is 0 Å². The van der Waals surface area contributed by atoms with E-state index in [1.54, 1.807) is 0 Å². The SMILES string of the molecule is CCNCC1(OC(C)COCC)CCC(CC)CC1. The van der Waals surface area contributed by atoms with Crippen LogP contribution in [0.4, 0.5) is 0 Å². The predicted molar refractivity (Wildman–Crippen MR) is 80.6 cm³/mol. The van der Waals surface area contributed by atoms with Crippen LogP contribution in [0.15, 0.2) is 0 Å². The summed E-state index contributed by atoms with van der Waals surface area (Å²) in [7, 11) is 0. The normalized spacial score (nSPS) is 29.4. The summed E-state index contributed by atoms with van der Waals surface area (Å²) in [5.41, 5.74) is 0.0399. The maximum Gasteiger partial charge on any atom is 0.0811 e. The summed E-state index contributed by atoms with van der Waals surface area (Å²) < 4.78 is 11.9. The molecule has 0 aromatic carbocycles. The molecule has 0 aliphatic heterocycles. The van der Waals surface area contributed by atoms with Crippen LogP contribution < -0.4 is 5.32 Å². The molecule has 0 saturated heterocycles. The smallest absolute Gasteiger partial charge is 0.0811 e. The molecule has 0 radical (unpaired) electrons. The Balaban J connectivity index is 2.50. The second-order valence-electron chi connectivity index (χ2n) is 5.90. The number of ether oxygens (including phenoxy) is 2. The topological polar surface area (TPSA) is 30.5 Å². The summed E-state index contributed by atoms with van der Waals surface area (Å²) in [5, 5.41) is 3.49. The van der Waals surface area contributed by atoms with Crippen molar-refractivity contribution < 1.29 is 9.47 Å². The zero-order chi connectivity index (χ0) is 14.1. The molecule has 1 fully saturated rings. The Bertz CT molecular complexity index is 225. The highest BCUT2D eigenvalue weighted by atomic mass is 16.5. The van der Waals surface area contributed by atoms with Crippen molar-refractivity contribution in [1.29, 1.82) is 0 Å². The summed E-state index contributed by atoms with van der Waals surface area (Å²) in [4.78, 5) is 0. The lowest BCUT2D eigenvalue weighted by atomic mass is 9.77. The van der Waals surface area contributed by atoms with Crippen LogP contribution in [0.25, 0.3) is 0 Å². The first-order valence-electron chi connectivity index (χ1n) is 8.12. The van der Waals surface area contributed by atoms with Crippen LogP contribution in [0.2, 0.25) is 0 Å². The lowest BCUT2D eigenvalue weighted by Crippen LogP contribution is -2.48. The summed E-state index contributed by atoms with van der Waals surface area (Å²) in [6, 6.07) is 0. The van der Waals surface area contributed by atoms with Gasteiger partial charge >= 0.3 is 0 Å². The van der Waals surface area contributed by atoms with Gasteiger partial charge in [0.05, 0.1) is 18.3 Å². The largest absolute Gasteiger partial charge is 0.379 e. The molecule has 1 aliphatic rings. The minimum atomic E-state index is 0.0399. The first-order valence-corrected chi connectivity index (χ1v) is 8.12. The van der Waals surface area contributed by atoms with Crippen LogP contribution in [0, 0.1) is 5.92 Å². The second-order valence-corrected chi connectivity index (χ2v) is 5.90. The Kier molecular flexibility index (Phi) is 7.96. The van der Waals surface area contributed by atoms with Crippen molar-refractivity contribution >= 4 is 0 Å². The molecule has 1 saturated carbocycles. The maximum absolute atomic E-state index is 6.39. The highest BCUT2D eigenvalue weighted by molar-refractivity contribution is 4.89. The van der Waals surface area contributed by atoms with Crippen LogP contribution in [0.1, 0.15) is 59.8 Å². The third-order valence-electron chi connectivity index (χ3n) is 4.30. The van der Waals surface area contributed by atoms with E-state index in [9.17, 15) is 0 Å². The van der Waals surface area contributed by atoms with E-state index in [1.165, 1.54) is 32.1 Å². The molecule has 1 rings (SSSR count). The molecule has 0 spiro atoms. The standard InChI is InChI=1S/C16H33NO2/c1-5-15-8-10-16(11-9-15,13-17-6-2)19-14(4)12-18-7-3/h14-15,17H,5-13H2,1-4H3. The van der Waals surface area contributed by atoms with Gasteiger partial charge in [0.2, 0.25) is 0 Å². The molecule has 0 heterocycles. The predicted octanol–water partition coefficient (Wildman–Crippen LogP) is 3.38. The lowest BCUT2D eigenvalue weighted by molar-refractivity contribution is -0.130. The van der Waals surface area contributed by atoms with Crippen molar-refractivity contribution in [1.82, 2.24) is 5.32 Å². The monoisotopic (exact) mass is 271 g/mol. The van der Waals surface area contributed by atoms with Crippen molar-refractivity contribution in [3.05, 3.63) is 0 Å². The van der Waals surface area contributed by atoms with Crippen molar-refractivity contribution in [2.75, 3.05) is 26.3 Å². The third-order valence-corrected chi connectivity index (χ3v) is 4.30. The number of rotatable bonds is 9. The third kappa shape index (κ3) is 5.80. The summed E-state index contributed by atoms with van der Waals surface area (Å²) in [6.07, 6.45) is 6.50. The van der Waals surface area contributed by atoms with Gasteiger partial charge in [0.25, 0.3) is 0 Å². The molecule has 19 heavy (non-hydrogen) atoms. The van der Waals surface area contributed by atoms with Gasteiger partial charge in [-0.15, -0.1) is 0 Å². The van der Waals surface area contributed by atoms with Gasteiger partial charge in [0.15, 0.2) is 0 Å². The van der Waals surface area contributed by atoms with Crippen molar-refractivity contribution in [2.45, 2.75) is 71.5 Å². The van der Waals surface area contributed by atoms with Crippen LogP contribution in [0.3, 0.4) is 0 Å². The van der Waals surface area contributed by atoms with E-state index in [4.69, 9.17) is 9.47 Å². The molecule has 1 N–H and O–H groups in total. The molecule has 1 unspecified atom stereocenters. The summed E-state index contributed by atoms with van der Waals surface area (Å²) in [5.74, 6) is 0.903. The van der Waals surface area contributed by atoms with E-state index in [-0.39, 0.29) is 11.7 Å². The van der Waals surface area contributed by atoms with Crippen LogP contribution >= 0.6 is 0 Å². The molecule has 1 atom stereocenters. The molecule has 0 bridgehead atoms. The molecule has 1 aliphatic carbocycles. The van der Waals surface area contributed by atoms with Gasteiger partial charge in [-0.1, -0.05) is 20.3 Å². The highest BCUT2D eigenvalue weighted by Crippen LogP contribution is 2.36. The average molecular weight is 271 g/mol. The van der Waals surface area contributed by atoms with Gasteiger partial charge in [-0.25, -0.2) is 0 Å². The minimum absolute atomic E-state index is 0.0399. The van der Waals surface area contributed by atoms with E-state index in [0.29, 0.717) is 6.61 Å². The molecule has 0 aromatic rings. The van der Waals surface area contributed by atoms with Gasteiger partial charge in [-0.05, 0) is 52.0 Å². The Morgan fingerprint density at radius 2 is 1.89 bits per heavy atom. The molecular weight excluding hydrogens is 238 g/mol. The molecular formula is C16H33NO2.